The van der Waals surface area contributed by atoms with Crippen LogP contribution in [0.15, 0.2) is 108 Å². The number of amides is 1. The van der Waals surface area contributed by atoms with Gasteiger partial charge in [-0.25, -0.2) is 0 Å². The molecule has 3 atom stereocenters. The fourth-order valence-corrected chi connectivity index (χ4v) is 6.82. The summed E-state index contributed by atoms with van der Waals surface area (Å²) < 4.78 is -0.547. The second kappa shape index (κ2) is 8.94. The van der Waals surface area contributed by atoms with Crippen LogP contribution in [0.1, 0.15) is 28.4 Å². The van der Waals surface area contributed by atoms with E-state index in [-0.39, 0.29) is 11.3 Å². The van der Waals surface area contributed by atoms with Gasteiger partial charge in [-0.05, 0) is 39.1 Å². The molecule has 5 rings (SSSR count). The van der Waals surface area contributed by atoms with Crippen molar-refractivity contribution in [3.05, 3.63) is 130 Å². The highest BCUT2D eigenvalue weighted by Crippen LogP contribution is 2.53. The second-order valence-corrected chi connectivity index (χ2v) is 9.99. The summed E-state index contributed by atoms with van der Waals surface area (Å²) in [5, 5.41) is 17.7. The molecule has 1 aliphatic heterocycles. The molecular formula is C27H23NO2S2. The Hall–Kier alpha value is -2.86. The summed E-state index contributed by atoms with van der Waals surface area (Å²) in [4.78, 5) is 12.6. The van der Waals surface area contributed by atoms with Crippen molar-refractivity contribution in [2.75, 3.05) is 0 Å². The molecular weight excluding hydrogens is 434 g/mol. The van der Waals surface area contributed by atoms with Crippen LogP contribution in [-0.4, -0.2) is 16.4 Å². The Morgan fingerprint density at radius 2 is 1.31 bits per heavy atom. The molecule has 1 aliphatic rings. The Kier molecular flexibility index (Phi) is 5.87. The molecule has 5 heteroatoms. The maximum absolute atomic E-state index is 12.6. The number of aliphatic hydroxyl groups excluding tert-OH is 1. The maximum atomic E-state index is 12.6. The number of hydrogen-bond donors (Lipinski definition) is 2. The lowest BCUT2D eigenvalue weighted by Crippen LogP contribution is -2.59. The molecule has 3 unspecified atom stereocenters. The number of carbonyl (C=O) groups excluding carboxylic acids is 1. The monoisotopic (exact) mass is 457 g/mol. The Bertz CT molecular complexity index is 1070. The summed E-state index contributed by atoms with van der Waals surface area (Å²) in [5.74, 6) is -0.616. The van der Waals surface area contributed by atoms with Gasteiger partial charge >= 0.3 is 0 Å². The average Bonchev–Trinajstić information content (AvgIpc) is 3.39. The smallest absolute Gasteiger partial charge is 0.229 e. The van der Waals surface area contributed by atoms with Crippen LogP contribution < -0.4 is 5.32 Å². The van der Waals surface area contributed by atoms with E-state index in [1.54, 1.807) is 11.8 Å². The summed E-state index contributed by atoms with van der Waals surface area (Å²) in [6.45, 7) is 0. The van der Waals surface area contributed by atoms with Crippen molar-refractivity contribution < 1.29 is 9.90 Å². The van der Waals surface area contributed by atoms with Crippen LogP contribution in [0.3, 0.4) is 0 Å². The van der Waals surface area contributed by atoms with Gasteiger partial charge in [0.1, 0.15) is 0 Å². The van der Waals surface area contributed by atoms with Crippen molar-refractivity contribution in [1.29, 1.82) is 0 Å². The number of β-lactam (4-membered cyclic amide) rings is 1. The topological polar surface area (TPSA) is 49.3 Å². The summed E-state index contributed by atoms with van der Waals surface area (Å²) in [6.07, 6.45) is -0.826. The largest absolute Gasteiger partial charge is 0.387 e. The van der Waals surface area contributed by atoms with Crippen LogP contribution in [0.5, 0.6) is 0 Å². The van der Waals surface area contributed by atoms with E-state index in [9.17, 15) is 9.90 Å². The first-order valence-electron chi connectivity index (χ1n) is 10.5. The average molecular weight is 458 g/mol. The molecule has 32 heavy (non-hydrogen) atoms. The molecule has 0 bridgehead atoms. The van der Waals surface area contributed by atoms with Crippen LogP contribution in [0.25, 0.3) is 0 Å². The van der Waals surface area contributed by atoms with Gasteiger partial charge in [-0.3, -0.25) is 4.79 Å². The molecule has 3 aromatic carbocycles. The molecule has 1 aromatic heterocycles. The highest BCUT2D eigenvalue weighted by molar-refractivity contribution is 8.01. The van der Waals surface area contributed by atoms with Gasteiger partial charge in [0.2, 0.25) is 5.91 Å². The van der Waals surface area contributed by atoms with E-state index in [0.717, 1.165) is 22.3 Å². The molecule has 1 saturated heterocycles. The van der Waals surface area contributed by atoms with Gasteiger partial charge in [0, 0.05) is 0 Å². The van der Waals surface area contributed by atoms with E-state index in [1.807, 2.05) is 71.4 Å². The van der Waals surface area contributed by atoms with Gasteiger partial charge < -0.3 is 10.4 Å². The third-order valence-electron chi connectivity index (χ3n) is 5.98. The lowest BCUT2D eigenvalue weighted by molar-refractivity contribution is -0.137. The zero-order valence-corrected chi connectivity index (χ0v) is 18.9. The number of carbonyl (C=O) groups is 1. The second-order valence-electron chi connectivity index (χ2n) is 7.85. The zero-order chi connectivity index (χ0) is 22.0. The van der Waals surface area contributed by atoms with Crippen molar-refractivity contribution in [3.8, 4) is 0 Å². The summed E-state index contributed by atoms with van der Waals surface area (Å²) in [5.41, 5.74) is 4.19. The van der Waals surface area contributed by atoms with Crippen LogP contribution in [0.4, 0.5) is 0 Å². The van der Waals surface area contributed by atoms with Crippen molar-refractivity contribution in [2.45, 2.75) is 16.2 Å². The molecule has 3 nitrogen and oxygen atoms in total. The molecule has 0 saturated carbocycles. The minimum Gasteiger partial charge on any atom is -0.387 e. The van der Waals surface area contributed by atoms with E-state index >= 15 is 0 Å². The van der Waals surface area contributed by atoms with Gasteiger partial charge in [-0.15, -0.1) is 11.8 Å². The van der Waals surface area contributed by atoms with Gasteiger partial charge in [-0.2, -0.15) is 11.3 Å². The molecule has 1 amide bonds. The number of benzene rings is 3. The number of thiophene rings is 1. The van der Waals surface area contributed by atoms with Crippen molar-refractivity contribution in [1.82, 2.24) is 5.32 Å². The molecule has 1 fully saturated rings. The van der Waals surface area contributed by atoms with Crippen LogP contribution >= 0.6 is 23.1 Å². The van der Waals surface area contributed by atoms with E-state index in [0.29, 0.717) is 0 Å². The number of thioether (sulfide) groups is 1. The molecule has 160 valence electrons. The van der Waals surface area contributed by atoms with Crippen molar-refractivity contribution in [3.63, 3.8) is 0 Å². The Morgan fingerprint density at radius 1 is 0.812 bits per heavy atom. The highest BCUT2D eigenvalue weighted by atomic mass is 32.2. The third kappa shape index (κ3) is 3.66. The van der Waals surface area contributed by atoms with Crippen LogP contribution in [0.2, 0.25) is 0 Å². The SMILES string of the molecule is O=C1NC(SC(c2ccccc2)(c2ccccc2)c2ccccc2)C1C(O)c1ccsc1. The molecule has 0 spiro atoms. The van der Waals surface area contributed by atoms with Crippen LogP contribution in [-0.2, 0) is 9.54 Å². The van der Waals surface area contributed by atoms with E-state index in [1.165, 1.54) is 11.3 Å². The van der Waals surface area contributed by atoms with Gasteiger partial charge in [-0.1, -0.05) is 91.0 Å². The Labute approximate surface area is 196 Å². The Balaban J connectivity index is 1.63. The summed E-state index contributed by atoms with van der Waals surface area (Å²) in [6, 6.07) is 33.1. The van der Waals surface area contributed by atoms with Crippen molar-refractivity contribution in [2.24, 2.45) is 5.92 Å². The maximum Gasteiger partial charge on any atom is 0.229 e. The lowest BCUT2D eigenvalue weighted by Gasteiger charge is -2.45. The first kappa shape index (κ1) is 21.0. The van der Waals surface area contributed by atoms with E-state index < -0.39 is 16.8 Å². The molecule has 4 aromatic rings. The number of aliphatic hydroxyl groups is 1. The van der Waals surface area contributed by atoms with Gasteiger partial charge in [0.05, 0.1) is 22.1 Å². The Morgan fingerprint density at radius 3 is 1.72 bits per heavy atom. The van der Waals surface area contributed by atoms with Gasteiger partial charge in [0.25, 0.3) is 0 Å². The minimum absolute atomic E-state index is 0.107. The summed E-state index contributed by atoms with van der Waals surface area (Å²) >= 11 is 3.21. The molecule has 2 heterocycles. The van der Waals surface area contributed by atoms with E-state index in [2.05, 4.69) is 41.7 Å². The van der Waals surface area contributed by atoms with Crippen molar-refractivity contribution >= 4 is 29.0 Å². The van der Waals surface area contributed by atoms with E-state index in [4.69, 9.17) is 0 Å². The third-order valence-corrected chi connectivity index (χ3v) is 8.41. The fourth-order valence-electron chi connectivity index (χ4n) is 4.34. The lowest BCUT2D eigenvalue weighted by atomic mass is 9.84. The fraction of sp³-hybridized carbons (Fsp3) is 0.148. The summed E-state index contributed by atoms with van der Waals surface area (Å²) in [7, 11) is 0. The zero-order valence-electron chi connectivity index (χ0n) is 17.3. The highest BCUT2D eigenvalue weighted by Gasteiger charge is 2.50. The molecule has 0 aliphatic carbocycles. The first-order chi connectivity index (χ1) is 15.7. The predicted molar refractivity (Wildman–Crippen MR) is 131 cm³/mol. The minimum atomic E-state index is -0.826. The normalized spacial score (nSPS) is 19.1. The first-order valence-corrected chi connectivity index (χ1v) is 12.4. The number of rotatable bonds is 7. The quantitative estimate of drug-likeness (QED) is 0.281. The standard InChI is InChI=1S/C27H23NO2S2/c29-24(19-16-17-31-18-19)23-25(30)28-26(23)32-27(20-10-4-1-5-11-20,21-12-6-2-7-13-21)22-14-8-3-9-15-22/h1-18,23-24,26,29H,(H,28,30). The predicted octanol–water partition coefficient (Wildman–Crippen LogP) is 5.58. The molecule has 2 N–H and O–H groups in total. The van der Waals surface area contributed by atoms with Gasteiger partial charge in [0.15, 0.2) is 0 Å². The number of nitrogens with one attached hydrogen (secondary N) is 1. The number of hydrogen-bond acceptors (Lipinski definition) is 4. The molecule has 0 radical (unpaired) electrons. The van der Waals surface area contributed by atoms with Crippen LogP contribution in [0, 0.1) is 5.92 Å².